The summed E-state index contributed by atoms with van der Waals surface area (Å²) in [5.41, 5.74) is 8.03. The van der Waals surface area contributed by atoms with Gasteiger partial charge in [0.25, 0.3) is 0 Å². The molecule has 2 N–H and O–H groups in total. The van der Waals surface area contributed by atoms with Gasteiger partial charge in [0, 0.05) is 12.2 Å². The van der Waals surface area contributed by atoms with Crippen molar-refractivity contribution in [1.82, 2.24) is 0 Å². The standard InChI is InChI=1S/C14H22N2OS/c1-4-16(12-7-5-6-11(2)10-12)14(17)13(15)8-9-18-3/h5-7,10,13H,4,8-9,15H2,1-3H3/t13-/m0/s1. The number of anilines is 1. The zero-order valence-corrected chi connectivity index (χ0v) is 12.2. The Hall–Kier alpha value is -1.00. The summed E-state index contributed by atoms with van der Waals surface area (Å²) in [5, 5.41) is 0. The molecule has 0 aliphatic heterocycles. The van der Waals surface area contributed by atoms with Gasteiger partial charge in [-0.05, 0) is 50.0 Å². The molecule has 0 fully saturated rings. The van der Waals surface area contributed by atoms with Crippen molar-refractivity contribution in [2.24, 2.45) is 5.73 Å². The summed E-state index contributed by atoms with van der Waals surface area (Å²) < 4.78 is 0. The second-order valence-electron chi connectivity index (χ2n) is 4.31. The lowest BCUT2D eigenvalue weighted by atomic mass is 10.1. The number of nitrogens with zero attached hydrogens (tertiary/aromatic N) is 1. The van der Waals surface area contributed by atoms with Crippen molar-refractivity contribution in [1.29, 1.82) is 0 Å². The molecule has 0 radical (unpaired) electrons. The van der Waals surface area contributed by atoms with E-state index >= 15 is 0 Å². The van der Waals surface area contributed by atoms with Crippen LogP contribution >= 0.6 is 11.8 Å². The highest BCUT2D eigenvalue weighted by Crippen LogP contribution is 2.17. The van der Waals surface area contributed by atoms with Crippen LogP contribution in [0, 0.1) is 6.92 Å². The summed E-state index contributed by atoms with van der Waals surface area (Å²) >= 11 is 1.71. The smallest absolute Gasteiger partial charge is 0.243 e. The molecular formula is C14H22N2OS. The Balaban J connectivity index is 2.79. The quantitative estimate of drug-likeness (QED) is 0.860. The number of carbonyl (C=O) groups is 1. The molecule has 0 bridgehead atoms. The van der Waals surface area contributed by atoms with Crippen LogP contribution < -0.4 is 10.6 Å². The predicted molar refractivity (Wildman–Crippen MR) is 80.2 cm³/mol. The predicted octanol–water partition coefficient (Wildman–Crippen LogP) is 2.43. The van der Waals surface area contributed by atoms with Crippen molar-refractivity contribution >= 4 is 23.4 Å². The third-order valence-corrected chi connectivity index (χ3v) is 3.49. The molecule has 0 saturated carbocycles. The minimum absolute atomic E-state index is 0.0113. The van der Waals surface area contributed by atoms with Crippen molar-refractivity contribution in [2.75, 3.05) is 23.5 Å². The lowest BCUT2D eigenvalue weighted by Gasteiger charge is -2.24. The summed E-state index contributed by atoms with van der Waals surface area (Å²) in [7, 11) is 0. The molecule has 1 atom stereocenters. The van der Waals surface area contributed by atoms with Gasteiger partial charge < -0.3 is 10.6 Å². The number of carbonyl (C=O) groups excluding carboxylic acids is 1. The highest BCUT2D eigenvalue weighted by molar-refractivity contribution is 7.98. The van der Waals surface area contributed by atoms with E-state index in [1.165, 1.54) is 0 Å². The topological polar surface area (TPSA) is 46.3 Å². The Morgan fingerprint density at radius 2 is 2.22 bits per heavy atom. The number of aryl methyl sites for hydroxylation is 1. The zero-order valence-electron chi connectivity index (χ0n) is 11.3. The van der Waals surface area contributed by atoms with Crippen LogP contribution in [-0.2, 0) is 4.79 Å². The van der Waals surface area contributed by atoms with Gasteiger partial charge in [-0.3, -0.25) is 4.79 Å². The minimum atomic E-state index is -0.405. The lowest BCUT2D eigenvalue weighted by Crippen LogP contribution is -2.44. The number of thioether (sulfide) groups is 1. The fourth-order valence-electron chi connectivity index (χ4n) is 1.83. The van der Waals surface area contributed by atoms with Crippen molar-refractivity contribution < 1.29 is 4.79 Å². The summed E-state index contributed by atoms with van der Waals surface area (Å²) in [4.78, 5) is 14.0. The van der Waals surface area contributed by atoms with Gasteiger partial charge in [0.15, 0.2) is 0 Å². The Morgan fingerprint density at radius 3 is 2.78 bits per heavy atom. The molecule has 0 saturated heterocycles. The largest absolute Gasteiger partial charge is 0.320 e. The second-order valence-corrected chi connectivity index (χ2v) is 5.30. The van der Waals surface area contributed by atoms with Gasteiger partial charge in [-0.2, -0.15) is 11.8 Å². The number of rotatable bonds is 6. The van der Waals surface area contributed by atoms with Crippen molar-refractivity contribution in [3.8, 4) is 0 Å². The van der Waals surface area contributed by atoms with E-state index in [1.807, 2.05) is 44.4 Å². The number of nitrogens with two attached hydrogens (primary N) is 1. The van der Waals surface area contributed by atoms with Crippen LogP contribution in [0.4, 0.5) is 5.69 Å². The summed E-state index contributed by atoms with van der Waals surface area (Å²) in [6.45, 7) is 4.65. The molecule has 1 amide bonds. The van der Waals surface area contributed by atoms with Gasteiger partial charge in [0.1, 0.15) is 0 Å². The average Bonchev–Trinajstić information content (AvgIpc) is 2.36. The fraction of sp³-hybridized carbons (Fsp3) is 0.500. The monoisotopic (exact) mass is 266 g/mol. The van der Waals surface area contributed by atoms with E-state index in [0.29, 0.717) is 6.54 Å². The molecule has 4 heteroatoms. The SMILES string of the molecule is CCN(C(=O)[C@@H](N)CCSC)c1cccc(C)c1. The number of amides is 1. The first kappa shape index (κ1) is 15.1. The Bertz CT molecular complexity index is 395. The number of hydrogen-bond acceptors (Lipinski definition) is 3. The maximum absolute atomic E-state index is 12.3. The first-order valence-corrected chi connectivity index (χ1v) is 7.62. The fourth-order valence-corrected chi connectivity index (χ4v) is 2.32. The Morgan fingerprint density at radius 1 is 1.50 bits per heavy atom. The van der Waals surface area contributed by atoms with Crippen LogP contribution in [-0.4, -0.2) is 30.5 Å². The van der Waals surface area contributed by atoms with E-state index in [4.69, 9.17) is 5.73 Å². The number of benzene rings is 1. The van der Waals surface area contributed by atoms with Crippen molar-refractivity contribution in [3.05, 3.63) is 29.8 Å². The van der Waals surface area contributed by atoms with Gasteiger partial charge in [-0.15, -0.1) is 0 Å². The van der Waals surface area contributed by atoms with E-state index in [2.05, 4.69) is 0 Å². The van der Waals surface area contributed by atoms with Gasteiger partial charge >= 0.3 is 0 Å². The van der Waals surface area contributed by atoms with Crippen molar-refractivity contribution in [3.63, 3.8) is 0 Å². The van der Waals surface area contributed by atoms with E-state index in [9.17, 15) is 4.79 Å². The van der Waals surface area contributed by atoms with Crippen LogP contribution in [0.25, 0.3) is 0 Å². The first-order valence-electron chi connectivity index (χ1n) is 6.22. The van der Waals surface area contributed by atoms with Crippen LogP contribution in [0.15, 0.2) is 24.3 Å². The highest BCUT2D eigenvalue weighted by atomic mass is 32.2. The molecule has 1 aromatic rings. The molecule has 0 aliphatic carbocycles. The summed E-state index contributed by atoms with van der Waals surface area (Å²) in [6.07, 6.45) is 2.75. The molecule has 0 aromatic heterocycles. The summed E-state index contributed by atoms with van der Waals surface area (Å²) in [6, 6.07) is 7.56. The Labute approximate surface area is 114 Å². The molecule has 0 heterocycles. The highest BCUT2D eigenvalue weighted by Gasteiger charge is 2.20. The van der Waals surface area contributed by atoms with Gasteiger partial charge in [0.05, 0.1) is 6.04 Å². The van der Waals surface area contributed by atoms with Gasteiger partial charge in [0.2, 0.25) is 5.91 Å². The third-order valence-electron chi connectivity index (χ3n) is 2.85. The number of likely N-dealkylation sites (N-methyl/N-ethyl adjacent to an activating group) is 1. The Kier molecular flexibility index (Phi) is 6.22. The van der Waals surface area contributed by atoms with Crippen molar-refractivity contribution in [2.45, 2.75) is 26.3 Å². The molecular weight excluding hydrogens is 244 g/mol. The minimum Gasteiger partial charge on any atom is -0.320 e. The molecule has 100 valence electrons. The van der Waals surface area contributed by atoms with E-state index in [0.717, 1.165) is 23.4 Å². The molecule has 18 heavy (non-hydrogen) atoms. The third kappa shape index (κ3) is 4.03. The summed E-state index contributed by atoms with van der Waals surface area (Å²) in [5.74, 6) is 0.926. The molecule has 0 unspecified atom stereocenters. The number of hydrogen-bond donors (Lipinski definition) is 1. The maximum Gasteiger partial charge on any atom is 0.243 e. The van der Waals surface area contributed by atoms with E-state index in [-0.39, 0.29) is 5.91 Å². The van der Waals surface area contributed by atoms with E-state index in [1.54, 1.807) is 16.7 Å². The molecule has 1 aromatic carbocycles. The van der Waals surface area contributed by atoms with Crippen LogP contribution in [0.5, 0.6) is 0 Å². The molecule has 0 spiro atoms. The normalized spacial score (nSPS) is 12.2. The molecule has 3 nitrogen and oxygen atoms in total. The van der Waals surface area contributed by atoms with Gasteiger partial charge in [-0.1, -0.05) is 12.1 Å². The van der Waals surface area contributed by atoms with Crippen LogP contribution in [0.2, 0.25) is 0 Å². The van der Waals surface area contributed by atoms with Crippen LogP contribution in [0.1, 0.15) is 18.9 Å². The molecule has 0 aliphatic rings. The second kappa shape index (κ2) is 7.44. The first-order chi connectivity index (χ1) is 8.60. The van der Waals surface area contributed by atoms with E-state index < -0.39 is 6.04 Å². The average molecular weight is 266 g/mol. The maximum atomic E-state index is 12.3. The van der Waals surface area contributed by atoms with Crippen LogP contribution in [0.3, 0.4) is 0 Å². The van der Waals surface area contributed by atoms with Gasteiger partial charge in [-0.25, -0.2) is 0 Å². The lowest BCUT2D eigenvalue weighted by molar-refractivity contribution is -0.119. The molecule has 1 rings (SSSR count). The zero-order chi connectivity index (χ0) is 13.5.